The van der Waals surface area contributed by atoms with Gasteiger partial charge in [-0.1, -0.05) is 5.69 Å². The quantitative estimate of drug-likeness (QED) is 0.556. The van der Waals surface area contributed by atoms with Gasteiger partial charge in [0.05, 0.1) is 0 Å². The molecule has 0 heterocycles. The molecule has 0 aliphatic rings. The van der Waals surface area contributed by atoms with Gasteiger partial charge in [0.15, 0.2) is 0 Å². The van der Waals surface area contributed by atoms with Gasteiger partial charge in [-0.2, -0.15) is 18.2 Å². The Kier molecular flexibility index (Phi) is 3.54. The maximum Gasteiger partial charge on any atom is 2.00 e. The van der Waals surface area contributed by atoms with Crippen molar-refractivity contribution in [2.24, 2.45) is 0 Å². The summed E-state index contributed by atoms with van der Waals surface area (Å²) in [6.07, 6.45) is 0. The molecule has 1 nitrogen and oxygen atoms in total. The first kappa shape index (κ1) is 7.71. The zero-order valence-electron chi connectivity index (χ0n) is 4.29. The normalized spacial score (nSPS) is 7.50. The standard InChI is InChI=1S/C6H6N.W/c7-6-4-2-1-3-5-6;/h2-5H,7H2;/q-1;+2. The summed E-state index contributed by atoms with van der Waals surface area (Å²) < 4.78 is 0. The SMILES string of the molecule is Nc1cc[c-]cc1.[W+2]. The Labute approximate surface area is 63.2 Å². The maximum atomic E-state index is 5.34. The van der Waals surface area contributed by atoms with Crippen LogP contribution in [0.4, 0.5) is 5.69 Å². The molecular weight excluding hydrogens is 270 g/mol. The molecule has 2 N–H and O–H groups in total. The minimum absolute atomic E-state index is 0. The van der Waals surface area contributed by atoms with Crippen molar-refractivity contribution in [3.63, 3.8) is 0 Å². The first-order chi connectivity index (χ1) is 3.39. The van der Waals surface area contributed by atoms with E-state index in [4.69, 9.17) is 5.73 Å². The molecule has 0 saturated heterocycles. The van der Waals surface area contributed by atoms with E-state index in [-0.39, 0.29) is 21.1 Å². The molecular formula is C6H6NW+. The van der Waals surface area contributed by atoms with Crippen molar-refractivity contribution in [1.29, 1.82) is 0 Å². The van der Waals surface area contributed by atoms with Crippen LogP contribution in [0.15, 0.2) is 24.3 Å². The van der Waals surface area contributed by atoms with Crippen LogP contribution in [0.5, 0.6) is 0 Å². The smallest absolute Gasteiger partial charge is 0.419 e. The number of rotatable bonds is 0. The fraction of sp³-hybridized carbons (Fsp3) is 0. The van der Waals surface area contributed by atoms with Gasteiger partial charge < -0.3 is 5.73 Å². The van der Waals surface area contributed by atoms with E-state index < -0.39 is 0 Å². The van der Waals surface area contributed by atoms with Crippen LogP contribution in [0.3, 0.4) is 0 Å². The van der Waals surface area contributed by atoms with Crippen molar-refractivity contribution in [3.05, 3.63) is 30.3 Å². The summed E-state index contributed by atoms with van der Waals surface area (Å²) in [5, 5.41) is 0. The van der Waals surface area contributed by atoms with Crippen LogP contribution in [-0.2, 0) is 21.1 Å². The predicted molar refractivity (Wildman–Crippen MR) is 29.7 cm³/mol. The van der Waals surface area contributed by atoms with Gasteiger partial charge in [0.2, 0.25) is 0 Å². The first-order valence-corrected chi connectivity index (χ1v) is 2.11. The summed E-state index contributed by atoms with van der Waals surface area (Å²) in [4.78, 5) is 0. The summed E-state index contributed by atoms with van der Waals surface area (Å²) in [6.45, 7) is 0. The molecule has 1 rings (SSSR count). The van der Waals surface area contributed by atoms with E-state index in [0.717, 1.165) is 5.69 Å². The molecule has 2 heteroatoms. The van der Waals surface area contributed by atoms with Gasteiger partial charge in [-0.05, 0) is 0 Å². The second-order valence-electron chi connectivity index (χ2n) is 1.33. The van der Waals surface area contributed by atoms with E-state index in [1.807, 2.05) is 0 Å². The van der Waals surface area contributed by atoms with Crippen molar-refractivity contribution >= 4 is 5.69 Å². The zero-order chi connectivity index (χ0) is 5.11. The van der Waals surface area contributed by atoms with Crippen LogP contribution in [0.1, 0.15) is 0 Å². The van der Waals surface area contributed by atoms with E-state index in [0.29, 0.717) is 0 Å². The number of anilines is 1. The monoisotopic (exact) mass is 276 g/mol. The minimum atomic E-state index is 0. The number of nitrogens with two attached hydrogens (primary N) is 1. The molecule has 1 aromatic carbocycles. The Hall–Kier alpha value is -0.292. The summed E-state index contributed by atoms with van der Waals surface area (Å²) in [7, 11) is 0. The van der Waals surface area contributed by atoms with E-state index in [1.54, 1.807) is 24.3 Å². The van der Waals surface area contributed by atoms with Gasteiger partial charge in [0.25, 0.3) is 0 Å². The van der Waals surface area contributed by atoms with Crippen molar-refractivity contribution in [3.8, 4) is 0 Å². The molecule has 0 saturated carbocycles. The van der Waals surface area contributed by atoms with Crippen LogP contribution < -0.4 is 5.73 Å². The molecule has 0 radical (unpaired) electrons. The van der Waals surface area contributed by atoms with Crippen molar-refractivity contribution < 1.29 is 21.1 Å². The molecule has 0 unspecified atom stereocenters. The Bertz CT molecular complexity index is 138. The number of hydrogen-bond donors (Lipinski definition) is 1. The number of nitrogen functional groups attached to an aromatic ring is 1. The summed E-state index contributed by atoms with van der Waals surface area (Å²) in [5.41, 5.74) is 6.13. The largest absolute Gasteiger partial charge is 2.00 e. The zero-order valence-corrected chi connectivity index (χ0v) is 7.23. The van der Waals surface area contributed by atoms with E-state index in [1.165, 1.54) is 0 Å². The van der Waals surface area contributed by atoms with Gasteiger partial charge >= 0.3 is 21.1 Å². The van der Waals surface area contributed by atoms with Crippen LogP contribution in [-0.4, -0.2) is 0 Å². The Morgan fingerprint density at radius 2 is 1.75 bits per heavy atom. The summed E-state index contributed by atoms with van der Waals surface area (Å²) in [5.74, 6) is 0. The van der Waals surface area contributed by atoms with Crippen LogP contribution >= 0.6 is 0 Å². The third kappa shape index (κ3) is 2.13. The number of hydrogen-bond acceptors (Lipinski definition) is 1. The van der Waals surface area contributed by atoms with E-state index in [2.05, 4.69) is 6.07 Å². The molecule has 1 aromatic rings. The second kappa shape index (κ2) is 3.68. The Morgan fingerprint density at radius 3 is 2.00 bits per heavy atom. The van der Waals surface area contributed by atoms with Crippen molar-refractivity contribution in [1.82, 2.24) is 0 Å². The van der Waals surface area contributed by atoms with Gasteiger partial charge in [-0.15, -0.1) is 12.1 Å². The number of benzene rings is 1. The molecule has 0 fully saturated rings. The fourth-order valence-electron chi connectivity index (χ4n) is 0.400. The third-order valence-electron chi connectivity index (χ3n) is 0.744. The molecule has 40 valence electrons. The molecule has 0 amide bonds. The van der Waals surface area contributed by atoms with Gasteiger partial charge in [0.1, 0.15) is 0 Å². The topological polar surface area (TPSA) is 26.0 Å². The van der Waals surface area contributed by atoms with Crippen molar-refractivity contribution in [2.45, 2.75) is 0 Å². The Morgan fingerprint density at radius 1 is 1.25 bits per heavy atom. The Balaban J connectivity index is 0.000000490. The van der Waals surface area contributed by atoms with Gasteiger partial charge in [-0.3, -0.25) is 0 Å². The van der Waals surface area contributed by atoms with Gasteiger partial charge in [0, 0.05) is 0 Å². The molecule has 0 spiro atoms. The summed E-state index contributed by atoms with van der Waals surface area (Å²) >= 11 is 0. The fourth-order valence-corrected chi connectivity index (χ4v) is 0.400. The van der Waals surface area contributed by atoms with Crippen molar-refractivity contribution in [2.75, 3.05) is 5.73 Å². The summed E-state index contributed by atoms with van der Waals surface area (Å²) in [6, 6.07) is 10.0. The van der Waals surface area contributed by atoms with E-state index >= 15 is 0 Å². The van der Waals surface area contributed by atoms with E-state index in [9.17, 15) is 0 Å². The second-order valence-corrected chi connectivity index (χ2v) is 1.33. The van der Waals surface area contributed by atoms with Gasteiger partial charge in [-0.25, -0.2) is 0 Å². The molecule has 0 aliphatic carbocycles. The predicted octanol–water partition coefficient (Wildman–Crippen LogP) is 1.07. The van der Waals surface area contributed by atoms with Crippen LogP contribution in [0.25, 0.3) is 0 Å². The average molecular weight is 276 g/mol. The average Bonchev–Trinajstić information content (AvgIpc) is 1.69. The molecule has 0 bridgehead atoms. The third-order valence-corrected chi connectivity index (χ3v) is 0.744. The van der Waals surface area contributed by atoms with Crippen LogP contribution in [0, 0.1) is 6.07 Å². The molecule has 0 aliphatic heterocycles. The first-order valence-electron chi connectivity index (χ1n) is 2.11. The minimum Gasteiger partial charge on any atom is -0.419 e. The molecule has 0 aromatic heterocycles. The van der Waals surface area contributed by atoms with Crippen LogP contribution in [0.2, 0.25) is 0 Å². The molecule has 0 atom stereocenters. The maximum absolute atomic E-state index is 5.34. The molecule has 8 heavy (non-hydrogen) atoms.